The summed E-state index contributed by atoms with van der Waals surface area (Å²) in [5.41, 5.74) is 6.96. The summed E-state index contributed by atoms with van der Waals surface area (Å²) in [5, 5.41) is 2.93. The first-order chi connectivity index (χ1) is 12.4. The Labute approximate surface area is 154 Å². The van der Waals surface area contributed by atoms with Crippen molar-refractivity contribution >= 4 is 45.0 Å². The zero-order chi connectivity index (χ0) is 18.6. The maximum absolute atomic E-state index is 11.1. The monoisotopic (exact) mass is 392 g/mol. The van der Waals surface area contributed by atoms with E-state index in [0.717, 1.165) is 11.8 Å². The van der Waals surface area contributed by atoms with Crippen molar-refractivity contribution in [2.75, 3.05) is 16.2 Å². The van der Waals surface area contributed by atoms with Gasteiger partial charge in [0.25, 0.3) is 10.1 Å². The summed E-state index contributed by atoms with van der Waals surface area (Å²) >= 11 is 6.03. The third kappa shape index (κ3) is 4.57. The minimum atomic E-state index is -4.33. The van der Waals surface area contributed by atoms with Crippen LogP contribution in [0.25, 0.3) is 0 Å². The molecule has 2 aromatic carbocycles. The lowest BCUT2D eigenvalue weighted by atomic mass is 10.3. The Bertz CT molecular complexity index is 1020. The van der Waals surface area contributed by atoms with E-state index in [1.807, 2.05) is 30.3 Å². The Morgan fingerprint density at radius 2 is 1.69 bits per heavy atom. The molecule has 0 spiro atoms. The van der Waals surface area contributed by atoms with Gasteiger partial charge in [0.05, 0.1) is 21.3 Å². The van der Waals surface area contributed by atoms with Crippen LogP contribution in [-0.4, -0.2) is 27.9 Å². The molecule has 4 N–H and O–H groups in total. The highest BCUT2D eigenvalue weighted by Crippen LogP contribution is 2.27. The number of nitrogens with one attached hydrogen (secondary N) is 3. The molecule has 0 aliphatic heterocycles. The predicted molar refractivity (Wildman–Crippen MR) is 98.1 cm³/mol. The average Bonchev–Trinajstić information content (AvgIpc) is 2.62. The summed E-state index contributed by atoms with van der Waals surface area (Å²) in [4.78, 5) is 11.8. The first kappa shape index (κ1) is 17.9. The van der Waals surface area contributed by atoms with Crippen LogP contribution in [0, 0.1) is 0 Å². The predicted octanol–water partition coefficient (Wildman–Crippen LogP) is 2.95. The number of aromatic nitrogens is 3. The van der Waals surface area contributed by atoms with Crippen molar-refractivity contribution < 1.29 is 13.0 Å². The molecule has 0 aliphatic carbocycles. The Hall–Kier alpha value is -2.95. The van der Waals surface area contributed by atoms with E-state index in [2.05, 4.69) is 31.1 Å². The van der Waals surface area contributed by atoms with Crippen molar-refractivity contribution in [3.8, 4) is 0 Å². The molecule has 1 aromatic heterocycles. The van der Waals surface area contributed by atoms with E-state index in [9.17, 15) is 8.42 Å². The van der Waals surface area contributed by atoms with Crippen LogP contribution < -0.4 is 16.2 Å². The lowest BCUT2D eigenvalue weighted by molar-refractivity contribution is 0.483. The molecule has 0 fully saturated rings. The zero-order valence-electron chi connectivity index (χ0n) is 13.1. The van der Waals surface area contributed by atoms with Gasteiger partial charge >= 0.3 is 0 Å². The molecule has 0 aliphatic rings. The highest BCUT2D eigenvalue weighted by Gasteiger charge is 2.12. The third-order valence-electron chi connectivity index (χ3n) is 3.15. The molecule has 11 heteroatoms. The molecule has 134 valence electrons. The molecule has 0 saturated heterocycles. The summed E-state index contributed by atoms with van der Waals surface area (Å²) in [6.45, 7) is 0. The summed E-state index contributed by atoms with van der Waals surface area (Å²) < 4.78 is 31.3. The SMILES string of the molecule is O=S(=O)(O)c1ccc(Nc2ncnc(NNc3ccccc3)n2)c(Cl)c1. The molecule has 0 amide bonds. The van der Waals surface area contributed by atoms with Crippen LogP contribution >= 0.6 is 11.6 Å². The molecule has 9 nitrogen and oxygen atoms in total. The highest BCUT2D eigenvalue weighted by molar-refractivity contribution is 7.85. The van der Waals surface area contributed by atoms with Crippen LogP contribution in [0.3, 0.4) is 0 Å². The quantitative estimate of drug-likeness (QED) is 0.369. The topological polar surface area (TPSA) is 129 Å². The first-order valence-electron chi connectivity index (χ1n) is 7.22. The smallest absolute Gasteiger partial charge is 0.294 e. The van der Waals surface area contributed by atoms with E-state index in [0.29, 0.717) is 5.69 Å². The molecule has 0 bridgehead atoms. The van der Waals surface area contributed by atoms with Crippen molar-refractivity contribution in [2.24, 2.45) is 0 Å². The van der Waals surface area contributed by atoms with E-state index in [1.165, 1.54) is 18.5 Å². The number of anilines is 4. The lowest BCUT2D eigenvalue weighted by Crippen LogP contribution is -2.12. The number of para-hydroxylation sites is 1. The molecule has 0 radical (unpaired) electrons. The number of benzene rings is 2. The van der Waals surface area contributed by atoms with Crippen LogP contribution in [0.5, 0.6) is 0 Å². The van der Waals surface area contributed by atoms with Gasteiger partial charge in [-0.2, -0.15) is 18.4 Å². The van der Waals surface area contributed by atoms with Gasteiger partial charge in [-0.15, -0.1) is 0 Å². The molecule has 3 aromatic rings. The summed E-state index contributed by atoms with van der Waals surface area (Å²) in [5.74, 6) is 0.455. The van der Waals surface area contributed by atoms with E-state index < -0.39 is 10.1 Å². The third-order valence-corrected chi connectivity index (χ3v) is 4.31. The Balaban J connectivity index is 1.72. The Morgan fingerprint density at radius 3 is 2.38 bits per heavy atom. The molecule has 0 saturated carbocycles. The number of hydrazine groups is 1. The molecule has 0 unspecified atom stereocenters. The largest absolute Gasteiger partial charge is 0.323 e. The Kier molecular flexibility index (Phi) is 5.16. The number of rotatable bonds is 6. The minimum absolute atomic E-state index is 0.0810. The molecular weight excluding hydrogens is 380 g/mol. The summed E-state index contributed by atoms with van der Waals surface area (Å²) in [6.07, 6.45) is 1.30. The maximum Gasteiger partial charge on any atom is 0.294 e. The average molecular weight is 393 g/mol. The molecule has 3 rings (SSSR count). The lowest BCUT2D eigenvalue weighted by Gasteiger charge is -2.10. The second-order valence-electron chi connectivity index (χ2n) is 4.99. The van der Waals surface area contributed by atoms with Gasteiger partial charge < -0.3 is 5.32 Å². The van der Waals surface area contributed by atoms with E-state index in [4.69, 9.17) is 16.2 Å². The maximum atomic E-state index is 11.1. The van der Waals surface area contributed by atoms with Gasteiger partial charge in [-0.05, 0) is 30.3 Å². The van der Waals surface area contributed by atoms with Crippen molar-refractivity contribution in [1.29, 1.82) is 0 Å². The van der Waals surface area contributed by atoms with E-state index in [-0.39, 0.29) is 21.8 Å². The fourth-order valence-electron chi connectivity index (χ4n) is 1.94. The van der Waals surface area contributed by atoms with Crippen LogP contribution in [0.2, 0.25) is 5.02 Å². The van der Waals surface area contributed by atoms with Gasteiger partial charge in [-0.25, -0.2) is 4.98 Å². The highest BCUT2D eigenvalue weighted by atomic mass is 35.5. The Morgan fingerprint density at radius 1 is 0.962 bits per heavy atom. The second-order valence-corrected chi connectivity index (χ2v) is 6.82. The van der Waals surface area contributed by atoms with Crippen molar-refractivity contribution in [3.63, 3.8) is 0 Å². The van der Waals surface area contributed by atoms with Crippen LogP contribution in [-0.2, 0) is 10.1 Å². The van der Waals surface area contributed by atoms with Crippen molar-refractivity contribution in [2.45, 2.75) is 4.90 Å². The standard InChI is InChI=1S/C15H13ClN6O3S/c16-12-8-11(26(23,24)25)6-7-13(12)19-14-17-9-18-15(20-14)22-21-10-4-2-1-3-5-10/h1-9,21H,(H,23,24,25)(H2,17,18,19,20,22). The fourth-order valence-corrected chi connectivity index (χ4v) is 2.74. The van der Waals surface area contributed by atoms with Gasteiger partial charge in [0.15, 0.2) is 0 Å². The van der Waals surface area contributed by atoms with Crippen LogP contribution in [0.4, 0.5) is 23.3 Å². The number of nitrogens with zero attached hydrogens (tertiary/aromatic N) is 3. The van der Waals surface area contributed by atoms with Gasteiger partial charge in [-0.3, -0.25) is 15.4 Å². The second kappa shape index (κ2) is 7.52. The minimum Gasteiger partial charge on any atom is -0.323 e. The van der Waals surface area contributed by atoms with Gasteiger partial charge in [0, 0.05) is 0 Å². The fraction of sp³-hybridized carbons (Fsp3) is 0. The number of hydrogen-bond acceptors (Lipinski definition) is 8. The van der Waals surface area contributed by atoms with Gasteiger partial charge in [-0.1, -0.05) is 29.8 Å². The number of hydrogen-bond donors (Lipinski definition) is 4. The van der Waals surface area contributed by atoms with E-state index >= 15 is 0 Å². The van der Waals surface area contributed by atoms with E-state index in [1.54, 1.807) is 0 Å². The zero-order valence-corrected chi connectivity index (χ0v) is 14.7. The molecule has 1 heterocycles. The van der Waals surface area contributed by atoms with Crippen molar-refractivity contribution in [3.05, 3.63) is 59.9 Å². The molecule has 0 atom stereocenters. The van der Waals surface area contributed by atoms with Crippen molar-refractivity contribution in [1.82, 2.24) is 15.0 Å². The normalized spacial score (nSPS) is 11.0. The number of halogens is 1. The van der Waals surface area contributed by atoms with Gasteiger partial charge in [0.2, 0.25) is 11.9 Å². The van der Waals surface area contributed by atoms with Crippen LogP contribution in [0.1, 0.15) is 0 Å². The van der Waals surface area contributed by atoms with Gasteiger partial charge in [0.1, 0.15) is 6.33 Å². The summed E-state index contributed by atoms with van der Waals surface area (Å²) in [7, 11) is -4.33. The molecule has 26 heavy (non-hydrogen) atoms. The first-order valence-corrected chi connectivity index (χ1v) is 9.04. The summed E-state index contributed by atoms with van der Waals surface area (Å²) in [6, 6.07) is 13.1. The molecular formula is C15H13ClN6O3S. The van der Waals surface area contributed by atoms with Crippen LogP contribution in [0.15, 0.2) is 59.8 Å².